The molecule has 0 amide bonds. The smallest absolute Gasteiger partial charge is 0.250 e. The minimum Gasteiger partial charge on any atom is -0.497 e. The number of nitrogens with zero attached hydrogens (tertiary/aromatic N) is 4. The van der Waals surface area contributed by atoms with Gasteiger partial charge in [-0.3, -0.25) is 0 Å². The highest BCUT2D eigenvalue weighted by atomic mass is 16.5. The van der Waals surface area contributed by atoms with Crippen molar-refractivity contribution in [2.75, 3.05) is 7.11 Å². The molecule has 0 atom stereocenters. The molecule has 5 nitrogen and oxygen atoms in total. The third kappa shape index (κ3) is 1.96. The van der Waals surface area contributed by atoms with Gasteiger partial charge >= 0.3 is 0 Å². The topological polar surface area (TPSA) is 43.8 Å². The summed E-state index contributed by atoms with van der Waals surface area (Å²) in [4.78, 5) is 0. The highest BCUT2D eigenvalue weighted by molar-refractivity contribution is 5.35. The van der Waals surface area contributed by atoms with Crippen molar-refractivity contribution in [1.29, 1.82) is 0 Å². The molecule has 15 heavy (non-hydrogen) atoms. The first-order valence-corrected chi connectivity index (χ1v) is 4.80. The molecule has 0 saturated carbocycles. The molecule has 1 aromatic carbocycles. The predicted octanol–water partition coefficient (Wildman–Crippen LogP) is 0.583. The van der Waals surface area contributed by atoms with Crippen molar-refractivity contribution < 1.29 is 9.42 Å². The first-order chi connectivity index (χ1) is 7.33. The molecule has 2 rings (SSSR count). The van der Waals surface area contributed by atoms with Gasteiger partial charge in [0.15, 0.2) is 5.21 Å². The molecular formula is C10H13N4O+. The van der Waals surface area contributed by atoms with Gasteiger partial charge in [-0.1, -0.05) is 4.68 Å². The maximum Gasteiger partial charge on any atom is 0.250 e. The summed E-state index contributed by atoms with van der Waals surface area (Å²) in [5.41, 5.74) is 0.968. The summed E-state index contributed by atoms with van der Waals surface area (Å²) in [5.74, 6) is 0.835. The van der Waals surface area contributed by atoms with E-state index in [0.717, 1.165) is 18.0 Å². The van der Waals surface area contributed by atoms with Crippen molar-refractivity contribution in [2.45, 2.75) is 13.5 Å². The Kier molecular flexibility index (Phi) is 2.62. The average molecular weight is 205 g/mol. The van der Waals surface area contributed by atoms with Crippen LogP contribution in [0.15, 0.2) is 30.6 Å². The van der Waals surface area contributed by atoms with E-state index in [1.165, 1.54) is 0 Å². The van der Waals surface area contributed by atoms with Crippen molar-refractivity contribution in [3.63, 3.8) is 0 Å². The molecule has 0 fully saturated rings. The van der Waals surface area contributed by atoms with Crippen LogP contribution in [0.25, 0.3) is 5.69 Å². The Labute approximate surface area is 87.9 Å². The minimum atomic E-state index is 0.816. The van der Waals surface area contributed by atoms with E-state index in [-0.39, 0.29) is 0 Å². The second-order valence-electron chi connectivity index (χ2n) is 3.09. The van der Waals surface area contributed by atoms with Gasteiger partial charge in [-0.2, -0.15) is 0 Å². The fraction of sp³-hybridized carbons (Fsp3) is 0.300. The van der Waals surface area contributed by atoms with Crippen LogP contribution in [0, 0.1) is 0 Å². The zero-order valence-corrected chi connectivity index (χ0v) is 8.79. The molecule has 0 N–H and O–H groups in total. The third-order valence-corrected chi connectivity index (χ3v) is 2.15. The quantitative estimate of drug-likeness (QED) is 0.688. The van der Waals surface area contributed by atoms with Gasteiger partial charge in [0.1, 0.15) is 16.7 Å². The Morgan fingerprint density at radius 1 is 1.33 bits per heavy atom. The molecule has 0 unspecified atom stereocenters. The Morgan fingerprint density at radius 3 is 2.60 bits per heavy atom. The van der Waals surface area contributed by atoms with Crippen LogP contribution in [0.1, 0.15) is 6.92 Å². The van der Waals surface area contributed by atoms with Crippen molar-refractivity contribution >= 4 is 0 Å². The molecule has 0 aliphatic rings. The average Bonchev–Trinajstić information content (AvgIpc) is 2.78. The van der Waals surface area contributed by atoms with E-state index < -0.39 is 0 Å². The molecule has 0 spiro atoms. The summed E-state index contributed by atoms with van der Waals surface area (Å²) < 4.78 is 8.57. The highest BCUT2D eigenvalue weighted by Crippen LogP contribution is 2.12. The molecule has 1 aromatic heterocycles. The van der Waals surface area contributed by atoms with Gasteiger partial charge in [-0.15, -0.1) is 4.68 Å². The lowest BCUT2D eigenvalue weighted by atomic mass is 10.3. The fourth-order valence-electron chi connectivity index (χ4n) is 1.27. The zero-order chi connectivity index (χ0) is 10.7. The van der Waals surface area contributed by atoms with Gasteiger partial charge in [0.25, 0.3) is 0 Å². The van der Waals surface area contributed by atoms with E-state index in [1.807, 2.05) is 37.5 Å². The van der Waals surface area contributed by atoms with E-state index in [0.29, 0.717) is 0 Å². The number of hydrogen-bond donors (Lipinski definition) is 0. The summed E-state index contributed by atoms with van der Waals surface area (Å²) in [7, 11) is 1.65. The van der Waals surface area contributed by atoms with Crippen molar-refractivity contribution in [2.24, 2.45) is 0 Å². The standard InChI is InChI=1S/C10H13N4O/c1-3-13-8-14(12-11-13)9-4-6-10(15-2)7-5-9/h4-8H,3H2,1-2H3/q+1. The molecule has 78 valence electrons. The van der Waals surface area contributed by atoms with Crippen LogP contribution < -0.4 is 9.42 Å². The summed E-state index contributed by atoms with van der Waals surface area (Å²) in [6.07, 6.45) is 1.85. The molecule has 1 heterocycles. The fourth-order valence-corrected chi connectivity index (χ4v) is 1.27. The van der Waals surface area contributed by atoms with E-state index in [1.54, 1.807) is 16.5 Å². The van der Waals surface area contributed by atoms with Gasteiger partial charge in [0.05, 0.1) is 13.7 Å². The number of methoxy groups -OCH3 is 1. The maximum atomic E-state index is 5.08. The number of rotatable bonds is 3. The highest BCUT2D eigenvalue weighted by Gasteiger charge is 2.08. The lowest BCUT2D eigenvalue weighted by Gasteiger charge is -1.97. The molecular weight excluding hydrogens is 192 g/mol. The van der Waals surface area contributed by atoms with Gasteiger partial charge in [-0.05, 0) is 31.2 Å². The van der Waals surface area contributed by atoms with Crippen LogP contribution >= 0.6 is 0 Å². The molecule has 0 bridgehead atoms. The van der Waals surface area contributed by atoms with Crippen LogP contribution in [-0.2, 0) is 6.54 Å². The van der Waals surface area contributed by atoms with Crippen LogP contribution in [0.4, 0.5) is 0 Å². The number of tetrazole rings is 1. The Morgan fingerprint density at radius 2 is 2.07 bits per heavy atom. The number of aryl methyl sites for hydroxylation is 1. The van der Waals surface area contributed by atoms with Gasteiger partial charge in [-0.25, -0.2) is 0 Å². The lowest BCUT2D eigenvalue weighted by Crippen LogP contribution is -2.33. The van der Waals surface area contributed by atoms with Gasteiger partial charge in [0.2, 0.25) is 6.33 Å². The first kappa shape index (κ1) is 9.64. The molecule has 0 aliphatic carbocycles. The molecule has 2 aromatic rings. The summed E-state index contributed by atoms with van der Waals surface area (Å²) in [6, 6.07) is 7.67. The Hall–Kier alpha value is -1.91. The monoisotopic (exact) mass is 205 g/mol. The van der Waals surface area contributed by atoms with Crippen LogP contribution in [0.3, 0.4) is 0 Å². The summed E-state index contributed by atoms with van der Waals surface area (Å²) >= 11 is 0. The zero-order valence-electron chi connectivity index (χ0n) is 8.79. The normalized spacial score (nSPS) is 10.3. The van der Waals surface area contributed by atoms with E-state index >= 15 is 0 Å². The van der Waals surface area contributed by atoms with Crippen molar-refractivity contribution in [3.05, 3.63) is 30.6 Å². The number of hydrogen-bond acceptors (Lipinski definition) is 3. The summed E-state index contributed by atoms with van der Waals surface area (Å²) in [6.45, 7) is 2.84. The predicted molar refractivity (Wildman–Crippen MR) is 53.8 cm³/mol. The van der Waals surface area contributed by atoms with Crippen molar-refractivity contribution in [1.82, 2.24) is 15.1 Å². The molecule has 0 radical (unpaired) electrons. The van der Waals surface area contributed by atoms with E-state index in [4.69, 9.17) is 4.74 Å². The van der Waals surface area contributed by atoms with Crippen LogP contribution in [0.2, 0.25) is 0 Å². The summed E-state index contributed by atoms with van der Waals surface area (Å²) in [5, 5.41) is 7.95. The molecule has 0 saturated heterocycles. The van der Waals surface area contributed by atoms with Crippen LogP contribution in [0.5, 0.6) is 5.75 Å². The number of benzene rings is 1. The lowest BCUT2D eigenvalue weighted by molar-refractivity contribution is -0.751. The minimum absolute atomic E-state index is 0.816. The van der Waals surface area contributed by atoms with Gasteiger partial charge in [0, 0.05) is 0 Å². The first-order valence-electron chi connectivity index (χ1n) is 4.80. The second-order valence-corrected chi connectivity index (χ2v) is 3.09. The van der Waals surface area contributed by atoms with Crippen molar-refractivity contribution in [3.8, 4) is 11.4 Å². The Bertz CT molecular complexity index is 435. The maximum absolute atomic E-state index is 5.08. The Balaban J connectivity index is 2.28. The molecule has 0 aliphatic heterocycles. The number of aromatic nitrogens is 4. The number of ether oxygens (including phenoxy) is 1. The second kappa shape index (κ2) is 4.08. The largest absolute Gasteiger partial charge is 0.497 e. The van der Waals surface area contributed by atoms with Crippen LogP contribution in [-0.4, -0.2) is 22.2 Å². The van der Waals surface area contributed by atoms with E-state index in [9.17, 15) is 0 Å². The SMILES string of the molecule is CC[n+]1cn(-c2ccc(OC)cc2)nn1. The van der Waals surface area contributed by atoms with E-state index in [2.05, 4.69) is 10.4 Å². The molecule has 5 heteroatoms. The van der Waals surface area contributed by atoms with Gasteiger partial charge < -0.3 is 4.74 Å². The third-order valence-electron chi connectivity index (χ3n) is 2.15.